The van der Waals surface area contributed by atoms with Gasteiger partial charge in [0.1, 0.15) is 5.75 Å². The normalized spacial score (nSPS) is 11.7. The summed E-state index contributed by atoms with van der Waals surface area (Å²) in [6.07, 6.45) is 2.90. The molecule has 0 bridgehead atoms. The van der Waals surface area contributed by atoms with Crippen molar-refractivity contribution < 1.29 is 5.11 Å². The first kappa shape index (κ1) is 8.85. The molecule has 0 aliphatic heterocycles. The molecule has 0 aliphatic carbocycles. The van der Waals surface area contributed by atoms with Crippen LogP contribution in [0.25, 0.3) is 0 Å². The van der Waals surface area contributed by atoms with E-state index >= 15 is 0 Å². The van der Waals surface area contributed by atoms with Crippen molar-refractivity contribution in [3.8, 4) is 5.75 Å². The molecule has 0 radical (unpaired) electrons. The van der Waals surface area contributed by atoms with Gasteiger partial charge in [0.15, 0.2) is 0 Å². The van der Waals surface area contributed by atoms with E-state index in [1.54, 1.807) is 6.07 Å². The predicted molar refractivity (Wildman–Crippen MR) is 51.2 cm³/mol. The van der Waals surface area contributed by atoms with E-state index < -0.39 is 0 Å². The zero-order chi connectivity index (χ0) is 8.97. The quantitative estimate of drug-likeness (QED) is 0.663. The summed E-state index contributed by atoms with van der Waals surface area (Å²) in [5.74, 6) is 0.388. The van der Waals surface area contributed by atoms with E-state index in [1.807, 2.05) is 25.1 Å². The highest BCUT2D eigenvalue weighted by Crippen LogP contribution is 2.18. The molecule has 64 valence electrons. The first-order valence-electron chi connectivity index (χ1n) is 4.12. The third-order valence-corrected chi connectivity index (χ3v) is 1.95. The summed E-state index contributed by atoms with van der Waals surface area (Å²) in [7, 11) is 0. The van der Waals surface area contributed by atoms with Crippen LogP contribution in [0.1, 0.15) is 19.4 Å². The van der Waals surface area contributed by atoms with Gasteiger partial charge in [0.25, 0.3) is 0 Å². The Hall–Kier alpha value is -1.24. The van der Waals surface area contributed by atoms with Crippen LogP contribution in [-0.2, 0) is 6.42 Å². The lowest BCUT2D eigenvalue weighted by molar-refractivity contribution is 0.469. The second-order valence-electron chi connectivity index (χ2n) is 2.94. The minimum Gasteiger partial charge on any atom is -0.508 e. The Bertz CT molecular complexity index is 287. The molecule has 0 fully saturated rings. The summed E-state index contributed by atoms with van der Waals surface area (Å²) in [6, 6.07) is 7.45. The average Bonchev–Trinajstić information content (AvgIpc) is 2.09. The Morgan fingerprint density at radius 2 is 2.08 bits per heavy atom. The second kappa shape index (κ2) is 3.96. The summed E-state index contributed by atoms with van der Waals surface area (Å²) in [4.78, 5) is 0. The van der Waals surface area contributed by atoms with Crippen molar-refractivity contribution >= 4 is 0 Å². The highest BCUT2D eigenvalue weighted by atomic mass is 16.3. The molecule has 0 heterocycles. The van der Waals surface area contributed by atoms with Crippen molar-refractivity contribution in [2.75, 3.05) is 0 Å². The molecule has 0 saturated carbocycles. The van der Waals surface area contributed by atoms with Crippen molar-refractivity contribution in [1.82, 2.24) is 0 Å². The SMILES string of the molecule is C/C=C(/C)Cc1ccccc1O. The number of aromatic hydroxyl groups is 1. The van der Waals surface area contributed by atoms with E-state index in [4.69, 9.17) is 0 Å². The first-order valence-corrected chi connectivity index (χ1v) is 4.12. The average molecular weight is 162 g/mol. The third kappa shape index (κ3) is 2.12. The molecule has 0 aromatic heterocycles. The highest BCUT2D eigenvalue weighted by molar-refractivity contribution is 5.34. The van der Waals surface area contributed by atoms with Gasteiger partial charge >= 0.3 is 0 Å². The molecular formula is C11H14O. The fourth-order valence-corrected chi connectivity index (χ4v) is 1.06. The van der Waals surface area contributed by atoms with Gasteiger partial charge in [-0.05, 0) is 31.9 Å². The molecule has 1 aromatic carbocycles. The summed E-state index contributed by atoms with van der Waals surface area (Å²) in [5, 5.41) is 9.43. The van der Waals surface area contributed by atoms with Crippen LogP contribution >= 0.6 is 0 Å². The van der Waals surface area contributed by atoms with Gasteiger partial charge in [-0.15, -0.1) is 0 Å². The summed E-state index contributed by atoms with van der Waals surface area (Å²) in [5.41, 5.74) is 2.27. The molecule has 12 heavy (non-hydrogen) atoms. The molecule has 1 rings (SSSR count). The lowest BCUT2D eigenvalue weighted by atomic mass is 10.1. The standard InChI is InChI=1S/C11H14O/c1-3-9(2)8-10-6-4-5-7-11(10)12/h3-7,12H,8H2,1-2H3/b9-3-. The van der Waals surface area contributed by atoms with Crippen LogP contribution in [0.15, 0.2) is 35.9 Å². The number of phenols is 1. The van der Waals surface area contributed by atoms with E-state index in [2.05, 4.69) is 13.0 Å². The topological polar surface area (TPSA) is 20.2 Å². The Kier molecular flexibility index (Phi) is 2.92. The molecule has 0 aliphatic rings. The van der Waals surface area contributed by atoms with Crippen LogP contribution in [0.3, 0.4) is 0 Å². The number of allylic oxidation sites excluding steroid dienone is 2. The fourth-order valence-electron chi connectivity index (χ4n) is 1.06. The second-order valence-corrected chi connectivity index (χ2v) is 2.94. The van der Waals surface area contributed by atoms with Crippen LogP contribution in [0.4, 0.5) is 0 Å². The molecule has 1 heteroatoms. The monoisotopic (exact) mass is 162 g/mol. The van der Waals surface area contributed by atoms with Crippen LogP contribution in [0.2, 0.25) is 0 Å². The molecule has 0 saturated heterocycles. The Morgan fingerprint density at radius 1 is 1.42 bits per heavy atom. The zero-order valence-corrected chi connectivity index (χ0v) is 7.54. The van der Waals surface area contributed by atoms with Crippen LogP contribution in [0.5, 0.6) is 5.75 Å². The summed E-state index contributed by atoms with van der Waals surface area (Å²) >= 11 is 0. The molecule has 0 unspecified atom stereocenters. The minimum absolute atomic E-state index is 0.388. The number of rotatable bonds is 2. The van der Waals surface area contributed by atoms with Gasteiger partial charge in [0.2, 0.25) is 0 Å². The summed E-state index contributed by atoms with van der Waals surface area (Å²) < 4.78 is 0. The smallest absolute Gasteiger partial charge is 0.119 e. The first-order chi connectivity index (χ1) is 5.74. The van der Waals surface area contributed by atoms with Crippen molar-refractivity contribution in [1.29, 1.82) is 0 Å². The number of hydrogen-bond donors (Lipinski definition) is 1. The van der Waals surface area contributed by atoms with E-state index in [-0.39, 0.29) is 0 Å². The lowest BCUT2D eigenvalue weighted by Gasteiger charge is -2.03. The highest BCUT2D eigenvalue weighted by Gasteiger charge is 1.98. The van der Waals surface area contributed by atoms with Crippen molar-refractivity contribution in [2.24, 2.45) is 0 Å². The fraction of sp³-hybridized carbons (Fsp3) is 0.273. The number of para-hydroxylation sites is 1. The van der Waals surface area contributed by atoms with Crippen molar-refractivity contribution in [3.63, 3.8) is 0 Å². The molecule has 0 spiro atoms. The molecule has 1 N–H and O–H groups in total. The molecule has 1 aromatic rings. The van der Waals surface area contributed by atoms with E-state index in [0.29, 0.717) is 5.75 Å². The Morgan fingerprint density at radius 3 is 2.67 bits per heavy atom. The number of benzene rings is 1. The maximum absolute atomic E-state index is 9.43. The van der Waals surface area contributed by atoms with Gasteiger partial charge < -0.3 is 5.11 Å². The third-order valence-electron chi connectivity index (χ3n) is 1.95. The van der Waals surface area contributed by atoms with Gasteiger partial charge in [0.05, 0.1) is 0 Å². The molecule has 0 amide bonds. The molecular weight excluding hydrogens is 148 g/mol. The largest absolute Gasteiger partial charge is 0.508 e. The van der Waals surface area contributed by atoms with Crippen molar-refractivity contribution in [2.45, 2.75) is 20.3 Å². The summed E-state index contributed by atoms with van der Waals surface area (Å²) in [6.45, 7) is 4.07. The predicted octanol–water partition coefficient (Wildman–Crippen LogP) is 2.90. The van der Waals surface area contributed by atoms with Gasteiger partial charge in [-0.1, -0.05) is 29.8 Å². The van der Waals surface area contributed by atoms with E-state index in [1.165, 1.54) is 5.57 Å². The van der Waals surface area contributed by atoms with Gasteiger partial charge in [-0.3, -0.25) is 0 Å². The number of phenolic OH excluding ortho intramolecular Hbond substituents is 1. The van der Waals surface area contributed by atoms with Crippen LogP contribution < -0.4 is 0 Å². The van der Waals surface area contributed by atoms with E-state index in [9.17, 15) is 5.11 Å². The Labute approximate surface area is 73.4 Å². The van der Waals surface area contributed by atoms with Gasteiger partial charge in [-0.25, -0.2) is 0 Å². The minimum atomic E-state index is 0.388. The maximum Gasteiger partial charge on any atom is 0.119 e. The van der Waals surface area contributed by atoms with Crippen molar-refractivity contribution in [3.05, 3.63) is 41.5 Å². The number of hydrogen-bond acceptors (Lipinski definition) is 1. The van der Waals surface area contributed by atoms with E-state index in [0.717, 1.165) is 12.0 Å². The Balaban J connectivity index is 2.82. The van der Waals surface area contributed by atoms with Gasteiger partial charge in [0, 0.05) is 0 Å². The van der Waals surface area contributed by atoms with Crippen LogP contribution in [-0.4, -0.2) is 5.11 Å². The maximum atomic E-state index is 9.43. The molecule has 1 nitrogen and oxygen atoms in total. The van der Waals surface area contributed by atoms with Crippen LogP contribution in [0, 0.1) is 0 Å². The molecule has 0 atom stereocenters. The zero-order valence-electron chi connectivity index (χ0n) is 7.54. The lowest BCUT2D eigenvalue weighted by Crippen LogP contribution is -1.86. The van der Waals surface area contributed by atoms with Gasteiger partial charge in [-0.2, -0.15) is 0 Å².